The number of benzene rings is 1. The monoisotopic (exact) mass is 297 g/mol. The van der Waals surface area contributed by atoms with Crippen LogP contribution in [-0.4, -0.2) is 26.0 Å². The lowest BCUT2D eigenvalue weighted by Crippen LogP contribution is -2.38. The summed E-state index contributed by atoms with van der Waals surface area (Å²) in [5, 5.41) is 3.79. The van der Waals surface area contributed by atoms with Gasteiger partial charge in [-0.2, -0.15) is 0 Å². The van der Waals surface area contributed by atoms with Crippen LogP contribution >= 0.6 is 0 Å². The molecule has 3 heteroatoms. The molecule has 1 unspecified atom stereocenters. The van der Waals surface area contributed by atoms with Crippen LogP contribution in [0.1, 0.15) is 31.7 Å². The predicted molar refractivity (Wildman–Crippen MR) is 86.4 cm³/mol. The molecular formula is C19H23NO2. The number of allylic oxidation sites excluding steroid dienone is 1. The number of nitrogens with one attached hydrogen (secondary N) is 1. The molecule has 2 saturated heterocycles. The molecule has 2 heterocycles. The van der Waals surface area contributed by atoms with Crippen molar-refractivity contribution in [2.24, 2.45) is 0 Å². The van der Waals surface area contributed by atoms with Gasteiger partial charge in [-0.05, 0) is 49.4 Å². The highest BCUT2D eigenvalue weighted by atomic mass is 16.7. The number of hydrogen-bond acceptors (Lipinski definition) is 3. The highest BCUT2D eigenvalue weighted by Crippen LogP contribution is 2.44. The summed E-state index contributed by atoms with van der Waals surface area (Å²) in [6.07, 6.45) is 5.53. The SMILES string of the molecule is CC1=C(C2(c3ccccc3)CCCN2)C=C(C2OCCO2)C1. The Morgan fingerprint density at radius 3 is 2.59 bits per heavy atom. The van der Waals surface area contributed by atoms with E-state index in [-0.39, 0.29) is 11.8 Å². The average molecular weight is 297 g/mol. The maximum absolute atomic E-state index is 5.70. The van der Waals surface area contributed by atoms with Crippen molar-refractivity contribution in [1.29, 1.82) is 0 Å². The molecule has 0 bridgehead atoms. The van der Waals surface area contributed by atoms with Crippen LogP contribution in [0.5, 0.6) is 0 Å². The summed E-state index contributed by atoms with van der Waals surface area (Å²) in [4.78, 5) is 0. The fourth-order valence-corrected chi connectivity index (χ4v) is 4.07. The minimum absolute atomic E-state index is 0.0360. The van der Waals surface area contributed by atoms with Crippen molar-refractivity contribution in [2.75, 3.05) is 19.8 Å². The van der Waals surface area contributed by atoms with Gasteiger partial charge >= 0.3 is 0 Å². The number of ether oxygens (including phenoxy) is 2. The van der Waals surface area contributed by atoms with Gasteiger partial charge in [0.2, 0.25) is 0 Å². The minimum Gasteiger partial charge on any atom is -0.346 e. The van der Waals surface area contributed by atoms with E-state index in [4.69, 9.17) is 9.47 Å². The van der Waals surface area contributed by atoms with Gasteiger partial charge in [0.25, 0.3) is 0 Å². The first kappa shape index (κ1) is 14.2. The topological polar surface area (TPSA) is 30.5 Å². The molecule has 0 aromatic heterocycles. The van der Waals surface area contributed by atoms with E-state index in [1.807, 2.05) is 0 Å². The summed E-state index contributed by atoms with van der Waals surface area (Å²) < 4.78 is 11.4. The Balaban J connectivity index is 1.72. The van der Waals surface area contributed by atoms with Crippen molar-refractivity contribution >= 4 is 0 Å². The fourth-order valence-electron chi connectivity index (χ4n) is 4.07. The second kappa shape index (κ2) is 5.65. The third-order valence-electron chi connectivity index (χ3n) is 5.07. The molecule has 1 N–H and O–H groups in total. The zero-order chi connectivity index (χ0) is 15.0. The predicted octanol–water partition coefficient (Wildman–Crippen LogP) is 3.28. The number of hydrogen-bond donors (Lipinski definition) is 1. The lowest BCUT2D eigenvalue weighted by atomic mass is 9.80. The maximum atomic E-state index is 5.70. The Labute approximate surface area is 132 Å². The van der Waals surface area contributed by atoms with Gasteiger partial charge in [-0.1, -0.05) is 42.0 Å². The van der Waals surface area contributed by atoms with Crippen molar-refractivity contribution < 1.29 is 9.47 Å². The van der Waals surface area contributed by atoms with Crippen LogP contribution in [0.2, 0.25) is 0 Å². The normalized spacial score (nSPS) is 29.4. The van der Waals surface area contributed by atoms with Crippen LogP contribution in [0.25, 0.3) is 0 Å². The van der Waals surface area contributed by atoms with E-state index in [0.29, 0.717) is 13.2 Å². The van der Waals surface area contributed by atoms with Gasteiger partial charge < -0.3 is 14.8 Å². The van der Waals surface area contributed by atoms with Crippen LogP contribution < -0.4 is 5.32 Å². The molecule has 1 aromatic rings. The molecule has 2 fully saturated rings. The third kappa shape index (κ3) is 2.24. The third-order valence-corrected chi connectivity index (χ3v) is 5.07. The van der Waals surface area contributed by atoms with Crippen molar-refractivity contribution in [3.05, 3.63) is 58.7 Å². The largest absolute Gasteiger partial charge is 0.346 e. The van der Waals surface area contributed by atoms with Crippen molar-refractivity contribution in [3.63, 3.8) is 0 Å². The quantitative estimate of drug-likeness (QED) is 0.928. The van der Waals surface area contributed by atoms with E-state index < -0.39 is 0 Å². The molecule has 22 heavy (non-hydrogen) atoms. The minimum atomic E-state index is -0.137. The Morgan fingerprint density at radius 1 is 1.14 bits per heavy atom. The van der Waals surface area contributed by atoms with Crippen molar-refractivity contribution in [1.82, 2.24) is 5.32 Å². The molecule has 1 aromatic carbocycles. The molecule has 116 valence electrons. The van der Waals surface area contributed by atoms with Gasteiger partial charge in [0.15, 0.2) is 6.29 Å². The lowest BCUT2D eigenvalue weighted by molar-refractivity contribution is -0.0122. The van der Waals surface area contributed by atoms with Gasteiger partial charge in [0.05, 0.1) is 18.8 Å². The first-order valence-electron chi connectivity index (χ1n) is 8.24. The molecule has 4 rings (SSSR count). The summed E-state index contributed by atoms with van der Waals surface area (Å²) in [5.74, 6) is 0. The highest BCUT2D eigenvalue weighted by molar-refractivity contribution is 5.50. The van der Waals surface area contributed by atoms with Gasteiger partial charge in [0, 0.05) is 0 Å². The van der Waals surface area contributed by atoms with E-state index in [2.05, 4.69) is 48.6 Å². The molecule has 3 aliphatic rings. The van der Waals surface area contributed by atoms with Crippen LogP contribution in [-0.2, 0) is 15.0 Å². The van der Waals surface area contributed by atoms with Gasteiger partial charge in [-0.25, -0.2) is 0 Å². The van der Waals surface area contributed by atoms with E-state index in [0.717, 1.165) is 19.4 Å². The number of rotatable bonds is 3. The molecular weight excluding hydrogens is 274 g/mol. The molecule has 1 aliphatic carbocycles. The van der Waals surface area contributed by atoms with E-state index in [1.54, 1.807) is 0 Å². The standard InChI is InChI=1S/C19H23NO2/c1-14-12-15(18-21-10-11-22-18)13-17(14)19(8-5-9-20-19)16-6-3-2-4-7-16/h2-4,6-7,13,18,20H,5,8-12H2,1H3. The second-order valence-corrected chi connectivity index (χ2v) is 6.47. The zero-order valence-corrected chi connectivity index (χ0v) is 13.1. The Bertz CT molecular complexity index is 606. The Morgan fingerprint density at radius 2 is 1.91 bits per heavy atom. The summed E-state index contributed by atoms with van der Waals surface area (Å²) in [7, 11) is 0. The van der Waals surface area contributed by atoms with E-state index >= 15 is 0 Å². The Hall–Kier alpha value is -1.42. The summed E-state index contributed by atoms with van der Waals surface area (Å²) in [6, 6.07) is 10.8. The average Bonchev–Trinajstić information content (AvgIpc) is 3.29. The summed E-state index contributed by atoms with van der Waals surface area (Å²) >= 11 is 0. The second-order valence-electron chi connectivity index (χ2n) is 6.47. The highest BCUT2D eigenvalue weighted by Gasteiger charge is 2.41. The van der Waals surface area contributed by atoms with Crippen LogP contribution in [0.3, 0.4) is 0 Å². The van der Waals surface area contributed by atoms with Crippen molar-refractivity contribution in [2.45, 2.75) is 38.0 Å². The molecule has 1 atom stereocenters. The van der Waals surface area contributed by atoms with Gasteiger partial charge in [-0.3, -0.25) is 0 Å². The van der Waals surface area contributed by atoms with E-state index in [9.17, 15) is 0 Å². The first-order valence-corrected chi connectivity index (χ1v) is 8.24. The van der Waals surface area contributed by atoms with Crippen LogP contribution in [0, 0.1) is 0 Å². The van der Waals surface area contributed by atoms with E-state index in [1.165, 1.54) is 28.7 Å². The molecule has 0 saturated carbocycles. The Kier molecular flexibility index (Phi) is 3.65. The van der Waals surface area contributed by atoms with Gasteiger partial charge in [0.1, 0.15) is 0 Å². The molecule has 0 spiro atoms. The first-order chi connectivity index (χ1) is 10.8. The van der Waals surface area contributed by atoms with Crippen LogP contribution in [0.15, 0.2) is 53.1 Å². The molecule has 0 amide bonds. The maximum Gasteiger partial charge on any atom is 0.180 e. The van der Waals surface area contributed by atoms with Gasteiger partial charge in [-0.15, -0.1) is 0 Å². The summed E-state index contributed by atoms with van der Waals surface area (Å²) in [5.41, 5.74) is 5.46. The van der Waals surface area contributed by atoms with Crippen LogP contribution in [0.4, 0.5) is 0 Å². The fraction of sp³-hybridized carbons (Fsp3) is 0.474. The smallest absolute Gasteiger partial charge is 0.180 e. The molecule has 3 nitrogen and oxygen atoms in total. The molecule has 2 aliphatic heterocycles. The molecule has 0 radical (unpaired) electrons. The van der Waals surface area contributed by atoms with Crippen molar-refractivity contribution in [3.8, 4) is 0 Å². The summed E-state index contributed by atoms with van der Waals surface area (Å²) in [6.45, 7) is 4.74. The lowest BCUT2D eigenvalue weighted by Gasteiger charge is -2.32. The zero-order valence-electron chi connectivity index (χ0n) is 13.1.